The molecule has 1 fully saturated rings. The molecule has 0 radical (unpaired) electrons. The Labute approximate surface area is 119 Å². The van der Waals surface area contributed by atoms with Gasteiger partial charge in [-0.15, -0.1) is 0 Å². The van der Waals surface area contributed by atoms with Crippen molar-refractivity contribution >= 4 is 33.6 Å². The lowest BCUT2D eigenvalue weighted by Gasteiger charge is -2.19. The van der Waals surface area contributed by atoms with Crippen molar-refractivity contribution in [2.75, 3.05) is 18.0 Å². The molecule has 2 N–H and O–H groups in total. The predicted octanol–water partition coefficient (Wildman–Crippen LogP) is 1.42. The SMILES string of the molecule is O=C(O)C1CCN(c2cn[nH]c3cnc4nccc4c23)C1. The summed E-state index contributed by atoms with van der Waals surface area (Å²) in [5.41, 5.74) is 2.46. The van der Waals surface area contributed by atoms with Crippen molar-refractivity contribution < 1.29 is 9.90 Å². The normalized spacial score (nSPS) is 18.7. The molecule has 4 rings (SSSR count). The number of hydrogen-bond donors (Lipinski definition) is 2. The summed E-state index contributed by atoms with van der Waals surface area (Å²) in [6.45, 7) is 1.23. The first kappa shape index (κ1) is 12.1. The monoisotopic (exact) mass is 283 g/mol. The minimum absolute atomic E-state index is 0.320. The molecule has 21 heavy (non-hydrogen) atoms. The molecule has 7 heteroatoms. The van der Waals surface area contributed by atoms with Crippen LogP contribution in [0.4, 0.5) is 5.69 Å². The maximum atomic E-state index is 11.1. The molecule has 1 unspecified atom stereocenters. The summed E-state index contributed by atoms with van der Waals surface area (Å²) >= 11 is 0. The Bertz CT molecular complexity index is 844. The van der Waals surface area contributed by atoms with Gasteiger partial charge < -0.3 is 10.0 Å². The van der Waals surface area contributed by atoms with E-state index in [0.29, 0.717) is 18.6 Å². The van der Waals surface area contributed by atoms with Gasteiger partial charge >= 0.3 is 5.97 Å². The summed E-state index contributed by atoms with van der Waals surface area (Å²) in [7, 11) is 0. The van der Waals surface area contributed by atoms with Crippen molar-refractivity contribution in [2.24, 2.45) is 5.92 Å². The molecule has 0 aliphatic carbocycles. The number of aromatic nitrogens is 4. The average molecular weight is 283 g/mol. The van der Waals surface area contributed by atoms with Gasteiger partial charge in [-0.05, 0) is 12.5 Å². The molecular weight excluding hydrogens is 270 g/mol. The largest absolute Gasteiger partial charge is 0.481 e. The molecule has 7 nitrogen and oxygen atoms in total. The zero-order valence-corrected chi connectivity index (χ0v) is 11.2. The van der Waals surface area contributed by atoms with Gasteiger partial charge in [-0.1, -0.05) is 0 Å². The third kappa shape index (κ3) is 1.81. The summed E-state index contributed by atoms with van der Waals surface area (Å²) in [6, 6.07) is 1.92. The molecule has 0 aromatic carbocycles. The number of rotatable bonds is 2. The van der Waals surface area contributed by atoms with Crippen LogP contribution in [0.25, 0.3) is 21.9 Å². The molecular formula is C14H13N5O2. The number of nitrogens with one attached hydrogen (secondary N) is 1. The Balaban J connectivity index is 1.89. The quantitative estimate of drug-likeness (QED) is 0.738. The van der Waals surface area contributed by atoms with Crippen molar-refractivity contribution in [1.82, 2.24) is 20.2 Å². The molecule has 3 aromatic rings. The number of anilines is 1. The smallest absolute Gasteiger partial charge is 0.308 e. The van der Waals surface area contributed by atoms with E-state index in [2.05, 4.69) is 25.1 Å². The van der Waals surface area contributed by atoms with E-state index in [-0.39, 0.29) is 5.92 Å². The van der Waals surface area contributed by atoms with Crippen molar-refractivity contribution in [3.8, 4) is 0 Å². The number of carboxylic acid groups (broad SMARTS) is 1. The van der Waals surface area contributed by atoms with E-state index in [1.54, 1.807) is 18.6 Å². The van der Waals surface area contributed by atoms with E-state index in [0.717, 1.165) is 28.5 Å². The first-order valence-corrected chi connectivity index (χ1v) is 6.78. The maximum Gasteiger partial charge on any atom is 0.308 e. The predicted molar refractivity (Wildman–Crippen MR) is 77.1 cm³/mol. The lowest BCUT2D eigenvalue weighted by Crippen LogP contribution is -2.23. The lowest BCUT2D eigenvalue weighted by molar-refractivity contribution is -0.140. The Morgan fingerprint density at radius 3 is 3.10 bits per heavy atom. The topological polar surface area (TPSA) is 95.0 Å². The molecule has 1 atom stereocenters. The molecule has 4 heterocycles. The number of nitrogens with zero attached hydrogens (tertiary/aromatic N) is 4. The fraction of sp³-hybridized carbons (Fsp3) is 0.286. The van der Waals surface area contributed by atoms with Crippen LogP contribution in [0, 0.1) is 5.92 Å². The van der Waals surface area contributed by atoms with E-state index in [9.17, 15) is 4.79 Å². The summed E-state index contributed by atoms with van der Waals surface area (Å²) < 4.78 is 0. The zero-order chi connectivity index (χ0) is 14.4. The Kier molecular flexibility index (Phi) is 2.53. The molecule has 3 aromatic heterocycles. The summed E-state index contributed by atoms with van der Waals surface area (Å²) in [4.78, 5) is 21.7. The second kappa shape index (κ2) is 4.41. The van der Waals surface area contributed by atoms with Gasteiger partial charge in [0.1, 0.15) is 0 Å². The van der Waals surface area contributed by atoms with Gasteiger partial charge in [-0.2, -0.15) is 5.10 Å². The van der Waals surface area contributed by atoms with Gasteiger partial charge in [-0.25, -0.2) is 9.97 Å². The molecule has 0 saturated carbocycles. The van der Waals surface area contributed by atoms with Gasteiger partial charge in [0.25, 0.3) is 0 Å². The standard InChI is InChI=1S/C14H13N5O2/c20-14(21)8-2-4-19(7-8)11-6-17-18-10-5-16-13-9(12(10)11)1-3-15-13/h1,3,5-6,8,18H,2,4,7H2,(H,20,21). The molecule has 0 bridgehead atoms. The van der Waals surface area contributed by atoms with Crippen LogP contribution < -0.4 is 4.90 Å². The molecule has 1 saturated heterocycles. The zero-order valence-electron chi connectivity index (χ0n) is 11.2. The van der Waals surface area contributed by atoms with Gasteiger partial charge in [0, 0.05) is 30.1 Å². The average Bonchev–Trinajstić information content (AvgIpc) is 3.15. The summed E-state index contributed by atoms with van der Waals surface area (Å²) in [5.74, 6) is -1.06. The first-order valence-electron chi connectivity index (χ1n) is 6.78. The second-order valence-corrected chi connectivity index (χ2v) is 5.25. The van der Waals surface area contributed by atoms with E-state index in [1.165, 1.54) is 0 Å². The van der Waals surface area contributed by atoms with Crippen LogP contribution in [0.15, 0.2) is 24.7 Å². The Morgan fingerprint density at radius 2 is 2.29 bits per heavy atom. The Hall–Kier alpha value is -2.70. The van der Waals surface area contributed by atoms with Crippen LogP contribution in [-0.2, 0) is 4.79 Å². The van der Waals surface area contributed by atoms with Crippen molar-refractivity contribution in [2.45, 2.75) is 6.42 Å². The fourth-order valence-electron chi connectivity index (χ4n) is 2.97. The van der Waals surface area contributed by atoms with Gasteiger partial charge in [0.2, 0.25) is 0 Å². The van der Waals surface area contributed by atoms with E-state index >= 15 is 0 Å². The number of hydrogen-bond acceptors (Lipinski definition) is 5. The highest BCUT2D eigenvalue weighted by Crippen LogP contribution is 2.33. The van der Waals surface area contributed by atoms with Gasteiger partial charge in [-0.3, -0.25) is 9.89 Å². The lowest BCUT2D eigenvalue weighted by atomic mass is 10.1. The molecule has 0 amide bonds. The maximum absolute atomic E-state index is 11.1. The van der Waals surface area contributed by atoms with Crippen LogP contribution in [0.2, 0.25) is 0 Å². The van der Waals surface area contributed by atoms with E-state index in [4.69, 9.17) is 5.11 Å². The highest BCUT2D eigenvalue weighted by atomic mass is 16.4. The van der Waals surface area contributed by atoms with Crippen molar-refractivity contribution in [3.05, 3.63) is 24.7 Å². The third-order valence-electron chi connectivity index (χ3n) is 4.04. The molecule has 106 valence electrons. The molecule has 0 spiro atoms. The minimum atomic E-state index is -0.737. The number of pyridine rings is 1. The number of H-pyrrole nitrogens is 1. The van der Waals surface area contributed by atoms with Crippen LogP contribution >= 0.6 is 0 Å². The molecule has 1 aliphatic heterocycles. The van der Waals surface area contributed by atoms with Gasteiger partial charge in [0.15, 0.2) is 5.65 Å². The van der Waals surface area contributed by atoms with Crippen LogP contribution in [0.3, 0.4) is 0 Å². The van der Waals surface area contributed by atoms with Crippen LogP contribution in [0.5, 0.6) is 0 Å². The number of carboxylic acids is 1. The highest BCUT2D eigenvalue weighted by molar-refractivity contribution is 6.09. The van der Waals surface area contributed by atoms with Crippen molar-refractivity contribution in [1.29, 1.82) is 0 Å². The van der Waals surface area contributed by atoms with Crippen LogP contribution in [-0.4, -0.2) is 44.3 Å². The number of aromatic amines is 1. The fourth-order valence-corrected chi connectivity index (χ4v) is 2.97. The number of aliphatic carboxylic acids is 1. The van der Waals surface area contributed by atoms with E-state index in [1.807, 2.05) is 6.07 Å². The summed E-state index contributed by atoms with van der Waals surface area (Å²) in [5, 5.41) is 18.2. The van der Waals surface area contributed by atoms with Crippen molar-refractivity contribution in [3.63, 3.8) is 0 Å². The highest BCUT2D eigenvalue weighted by Gasteiger charge is 2.29. The third-order valence-corrected chi connectivity index (χ3v) is 4.04. The summed E-state index contributed by atoms with van der Waals surface area (Å²) in [6.07, 6.45) is 5.85. The number of carbonyl (C=O) groups is 1. The molecule has 1 aliphatic rings. The Morgan fingerprint density at radius 1 is 1.38 bits per heavy atom. The van der Waals surface area contributed by atoms with E-state index < -0.39 is 5.97 Å². The minimum Gasteiger partial charge on any atom is -0.481 e. The first-order chi connectivity index (χ1) is 10.2. The second-order valence-electron chi connectivity index (χ2n) is 5.25. The van der Waals surface area contributed by atoms with Crippen LogP contribution in [0.1, 0.15) is 6.42 Å². The van der Waals surface area contributed by atoms with Gasteiger partial charge in [0.05, 0.1) is 29.5 Å². The number of fused-ring (bicyclic) bond motifs is 3.